The summed E-state index contributed by atoms with van der Waals surface area (Å²) in [6.07, 6.45) is 0. The van der Waals surface area contributed by atoms with E-state index in [-0.39, 0.29) is 18.2 Å². The van der Waals surface area contributed by atoms with Crippen molar-refractivity contribution >= 4 is 15.9 Å². The molecule has 0 aliphatic rings. The van der Waals surface area contributed by atoms with Gasteiger partial charge < -0.3 is 14.8 Å². The van der Waals surface area contributed by atoms with Gasteiger partial charge in [0.15, 0.2) is 11.5 Å². The first-order valence-electron chi connectivity index (χ1n) is 8.74. The number of hydrogen-bond acceptors (Lipinski definition) is 3. The van der Waals surface area contributed by atoms with Gasteiger partial charge in [-0.25, -0.2) is 8.78 Å². The topological polar surface area (TPSA) is 30.5 Å². The van der Waals surface area contributed by atoms with E-state index in [0.29, 0.717) is 30.2 Å². The van der Waals surface area contributed by atoms with Crippen molar-refractivity contribution in [2.75, 3.05) is 7.11 Å². The van der Waals surface area contributed by atoms with Crippen molar-refractivity contribution < 1.29 is 18.3 Å². The lowest BCUT2D eigenvalue weighted by Gasteiger charge is -2.15. The molecule has 0 spiro atoms. The molecule has 0 amide bonds. The molecule has 0 saturated carbocycles. The van der Waals surface area contributed by atoms with Crippen LogP contribution in [0.15, 0.2) is 65.1 Å². The summed E-state index contributed by atoms with van der Waals surface area (Å²) in [5.74, 6) is 0.544. The predicted octanol–water partition coefficient (Wildman–Crippen LogP) is 5.60. The van der Waals surface area contributed by atoms with Crippen LogP contribution in [-0.4, -0.2) is 7.11 Å². The van der Waals surface area contributed by atoms with Gasteiger partial charge in [-0.1, -0.05) is 46.3 Å². The first kappa shape index (κ1) is 20.3. The van der Waals surface area contributed by atoms with Crippen molar-refractivity contribution in [3.8, 4) is 11.5 Å². The second kappa shape index (κ2) is 9.66. The molecule has 28 heavy (non-hydrogen) atoms. The van der Waals surface area contributed by atoms with E-state index < -0.39 is 0 Å². The van der Waals surface area contributed by atoms with E-state index in [0.717, 1.165) is 15.6 Å². The average molecular weight is 448 g/mol. The first-order valence-corrected chi connectivity index (χ1v) is 9.54. The van der Waals surface area contributed by atoms with Gasteiger partial charge in [-0.05, 0) is 41.5 Å². The zero-order valence-electron chi connectivity index (χ0n) is 15.3. The van der Waals surface area contributed by atoms with Crippen molar-refractivity contribution in [3.05, 3.63) is 93.5 Å². The summed E-state index contributed by atoms with van der Waals surface area (Å²) in [6.45, 7) is 1.31. The highest BCUT2D eigenvalue weighted by atomic mass is 79.9. The molecule has 0 radical (unpaired) electrons. The van der Waals surface area contributed by atoms with Gasteiger partial charge in [0.25, 0.3) is 0 Å². The van der Waals surface area contributed by atoms with E-state index in [1.54, 1.807) is 37.4 Å². The first-order chi connectivity index (χ1) is 13.6. The van der Waals surface area contributed by atoms with Gasteiger partial charge in [-0.3, -0.25) is 0 Å². The summed E-state index contributed by atoms with van der Waals surface area (Å²) in [5, 5.41) is 3.32. The molecule has 0 bridgehead atoms. The van der Waals surface area contributed by atoms with E-state index in [4.69, 9.17) is 9.47 Å². The van der Waals surface area contributed by atoms with Gasteiger partial charge >= 0.3 is 0 Å². The van der Waals surface area contributed by atoms with Gasteiger partial charge in [-0.15, -0.1) is 0 Å². The fraction of sp³-hybridized carbons (Fsp3) is 0.182. The van der Waals surface area contributed by atoms with Crippen molar-refractivity contribution in [2.45, 2.75) is 19.7 Å². The largest absolute Gasteiger partial charge is 0.493 e. The van der Waals surface area contributed by atoms with Crippen molar-refractivity contribution in [1.82, 2.24) is 5.32 Å². The second-order valence-corrected chi connectivity index (χ2v) is 7.06. The summed E-state index contributed by atoms with van der Waals surface area (Å²) in [4.78, 5) is 0. The molecule has 0 saturated heterocycles. The quantitative estimate of drug-likeness (QED) is 0.487. The number of nitrogens with one attached hydrogen (secondary N) is 1. The van der Waals surface area contributed by atoms with Gasteiger partial charge in [-0.2, -0.15) is 0 Å². The highest BCUT2D eigenvalue weighted by molar-refractivity contribution is 9.10. The maximum atomic E-state index is 13.8. The molecule has 0 fully saturated rings. The lowest BCUT2D eigenvalue weighted by molar-refractivity contribution is 0.279. The zero-order chi connectivity index (χ0) is 19.9. The van der Waals surface area contributed by atoms with Gasteiger partial charge in [0.2, 0.25) is 0 Å². The number of hydrogen-bond donors (Lipinski definition) is 1. The Morgan fingerprint density at radius 1 is 0.893 bits per heavy atom. The Kier molecular flexibility index (Phi) is 7.01. The van der Waals surface area contributed by atoms with Crippen LogP contribution in [0.1, 0.15) is 16.7 Å². The van der Waals surface area contributed by atoms with E-state index in [1.807, 2.05) is 12.1 Å². The van der Waals surface area contributed by atoms with Crippen LogP contribution in [0.25, 0.3) is 0 Å². The van der Waals surface area contributed by atoms with Crippen LogP contribution in [0, 0.1) is 11.6 Å². The summed E-state index contributed by atoms with van der Waals surface area (Å²) in [5.41, 5.74) is 2.46. The molecule has 3 nitrogen and oxygen atoms in total. The van der Waals surface area contributed by atoms with Crippen LogP contribution in [0.2, 0.25) is 0 Å². The predicted molar refractivity (Wildman–Crippen MR) is 108 cm³/mol. The fourth-order valence-electron chi connectivity index (χ4n) is 2.70. The van der Waals surface area contributed by atoms with Crippen molar-refractivity contribution in [3.63, 3.8) is 0 Å². The molecule has 3 rings (SSSR count). The standard InChI is InChI=1S/C22H20BrF2NO2/c1-27-21-10-17(13-26-12-15-6-8-18(24)9-7-15)19(23)11-22(21)28-14-16-4-2-3-5-20(16)25/h2-11,26H,12-14H2,1H3. The second-order valence-electron chi connectivity index (χ2n) is 6.20. The molecule has 0 aliphatic carbocycles. The van der Waals surface area contributed by atoms with Gasteiger partial charge in [0, 0.05) is 23.1 Å². The molecular formula is C22H20BrF2NO2. The van der Waals surface area contributed by atoms with E-state index >= 15 is 0 Å². The van der Waals surface area contributed by atoms with E-state index in [1.165, 1.54) is 18.2 Å². The van der Waals surface area contributed by atoms with Crippen LogP contribution in [0.4, 0.5) is 8.78 Å². The SMILES string of the molecule is COc1cc(CNCc2ccc(F)cc2)c(Br)cc1OCc1ccccc1F. The minimum atomic E-state index is -0.304. The molecule has 146 valence electrons. The van der Waals surface area contributed by atoms with Crippen LogP contribution < -0.4 is 14.8 Å². The Hall–Kier alpha value is -2.44. The van der Waals surface area contributed by atoms with Crippen LogP contribution in [0.5, 0.6) is 11.5 Å². The van der Waals surface area contributed by atoms with E-state index in [2.05, 4.69) is 21.2 Å². The molecule has 3 aromatic rings. The molecule has 0 heterocycles. The third-order valence-corrected chi connectivity index (χ3v) is 4.97. The Morgan fingerprint density at radius 3 is 2.36 bits per heavy atom. The van der Waals surface area contributed by atoms with Gasteiger partial charge in [0.05, 0.1) is 7.11 Å². The van der Waals surface area contributed by atoms with Crippen molar-refractivity contribution in [2.24, 2.45) is 0 Å². The molecular weight excluding hydrogens is 428 g/mol. The third kappa shape index (κ3) is 5.30. The summed E-state index contributed by atoms with van der Waals surface area (Å²) >= 11 is 3.55. The number of rotatable bonds is 8. The minimum Gasteiger partial charge on any atom is -0.493 e. The molecule has 0 aromatic heterocycles. The summed E-state index contributed by atoms with van der Waals surface area (Å²) < 4.78 is 38.8. The maximum absolute atomic E-state index is 13.8. The number of methoxy groups -OCH3 is 1. The maximum Gasteiger partial charge on any atom is 0.162 e. The smallest absolute Gasteiger partial charge is 0.162 e. The summed E-state index contributed by atoms with van der Waals surface area (Å²) in [7, 11) is 1.56. The minimum absolute atomic E-state index is 0.109. The molecule has 0 atom stereocenters. The Balaban J connectivity index is 1.65. The molecule has 6 heteroatoms. The molecule has 1 N–H and O–H groups in total. The number of benzene rings is 3. The Morgan fingerprint density at radius 2 is 1.64 bits per heavy atom. The van der Waals surface area contributed by atoms with Crippen LogP contribution in [0.3, 0.4) is 0 Å². The highest BCUT2D eigenvalue weighted by Gasteiger charge is 2.11. The fourth-order valence-corrected chi connectivity index (χ4v) is 3.16. The molecule has 3 aromatic carbocycles. The lowest BCUT2D eigenvalue weighted by atomic mass is 10.1. The van der Waals surface area contributed by atoms with Crippen molar-refractivity contribution in [1.29, 1.82) is 0 Å². The Labute approximate surface area is 171 Å². The Bertz CT molecular complexity index is 932. The highest BCUT2D eigenvalue weighted by Crippen LogP contribution is 2.34. The normalized spacial score (nSPS) is 10.7. The van der Waals surface area contributed by atoms with E-state index in [9.17, 15) is 8.78 Å². The zero-order valence-corrected chi connectivity index (χ0v) is 16.9. The summed E-state index contributed by atoms with van der Waals surface area (Å²) in [6, 6.07) is 16.6. The average Bonchev–Trinajstić information content (AvgIpc) is 2.70. The van der Waals surface area contributed by atoms with Gasteiger partial charge in [0.1, 0.15) is 18.2 Å². The molecule has 0 unspecified atom stereocenters. The molecule has 0 aliphatic heterocycles. The monoisotopic (exact) mass is 447 g/mol. The third-order valence-electron chi connectivity index (χ3n) is 4.23. The lowest BCUT2D eigenvalue weighted by Crippen LogP contribution is -2.13. The number of halogens is 3. The van der Waals surface area contributed by atoms with Crippen LogP contribution >= 0.6 is 15.9 Å². The van der Waals surface area contributed by atoms with Crippen LogP contribution in [-0.2, 0) is 19.7 Å². The number of ether oxygens (including phenoxy) is 2.